The van der Waals surface area contributed by atoms with Crippen LogP contribution in [0.15, 0.2) is 0 Å². The Morgan fingerprint density at radius 3 is 2.43 bits per heavy atom. The Kier molecular flexibility index (Phi) is 9.09. The maximum Gasteiger partial charge on any atom is 0.325 e. The van der Waals surface area contributed by atoms with E-state index in [9.17, 15) is 14.8 Å². The van der Waals surface area contributed by atoms with E-state index in [1.807, 2.05) is 0 Å². The molecule has 6 unspecified atom stereocenters. The van der Waals surface area contributed by atoms with Gasteiger partial charge in [0.1, 0.15) is 18.3 Å². The molecule has 0 amide bonds. The minimum Gasteiger partial charge on any atom is -0.394 e. The van der Waals surface area contributed by atoms with Crippen LogP contribution >= 0.6 is 7.60 Å². The molecule has 0 saturated carbocycles. The van der Waals surface area contributed by atoms with E-state index in [1.165, 1.54) is 7.11 Å². The summed E-state index contributed by atoms with van der Waals surface area (Å²) in [6.45, 7) is 0.985. The Morgan fingerprint density at radius 2 is 1.87 bits per heavy atom. The summed E-state index contributed by atoms with van der Waals surface area (Å²) in [7, 11) is -2.07. The summed E-state index contributed by atoms with van der Waals surface area (Å²) < 4.78 is 36.8. The number of aliphatic hydroxyl groups excluding tert-OH is 2. The molecule has 0 radical (unpaired) electrons. The number of hydrogen-bond acceptors (Lipinski definition) is 9. The number of nitrogens with two attached hydrogens (primary N) is 1. The van der Waals surface area contributed by atoms with E-state index >= 15 is 0 Å². The molecule has 5 N–H and O–H groups in total. The van der Waals surface area contributed by atoms with Crippen LogP contribution in [0.1, 0.15) is 0 Å². The lowest BCUT2D eigenvalue weighted by atomic mass is 9.97. The lowest BCUT2D eigenvalue weighted by Gasteiger charge is -2.42. The second-order valence-corrected chi connectivity index (χ2v) is 6.99. The quantitative estimate of drug-likeness (QED) is 0.262. The maximum absolute atomic E-state index is 11.0. The molecule has 1 aliphatic rings. The van der Waals surface area contributed by atoms with E-state index in [0.717, 1.165) is 6.66 Å². The van der Waals surface area contributed by atoms with Crippen molar-refractivity contribution in [1.29, 1.82) is 0 Å². The van der Waals surface area contributed by atoms with Crippen molar-refractivity contribution in [2.24, 2.45) is 5.73 Å². The molecule has 11 heteroatoms. The van der Waals surface area contributed by atoms with Gasteiger partial charge in [0.25, 0.3) is 0 Å². The predicted octanol–water partition coefficient (Wildman–Crippen LogP) is -1.73. The fourth-order valence-corrected chi connectivity index (χ4v) is 2.50. The zero-order chi connectivity index (χ0) is 17.5. The molecule has 10 nitrogen and oxygen atoms in total. The van der Waals surface area contributed by atoms with Gasteiger partial charge in [-0.05, 0) is 0 Å². The molecule has 23 heavy (non-hydrogen) atoms. The molecule has 1 aliphatic heterocycles. The molecule has 0 bridgehead atoms. The van der Waals surface area contributed by atoms with Crippen molar-refractivity contribution in [3.05, 3.63) is 0 Å². The van der Waals surface area contributed by atoms with E-state index in [2.05, 4.69) is 4.52 Å². The molecule has 6 atom stereocenters. The first-order chi connectivity index (χ1) is 10.8. The van der Waals surface area contributed by atoms with Crippen LogP contribution in [-0.4, -0.2) is 92.6 Å². The van der Waals surface area contributed by atoms with Crippen molar-refractivity contribution in [2.75, 3.05) is 46.8 Å². The third-order valence-corrected chi connectivity index (χ3v) is 3.86. The summed E-state index contributed by atoms with van der Waals surface area (Å²) in [6.07, 6.45) is -3.85. The average Bonchev–Trinajstić information content (AvgIpc) is 2.47. The van der Waals surface area contributed by atoms with Gasteiger partial charge in [-0.1, -0.05) is 0 Å². The van der Waals surface area contributed by atoms with Crippen LogP contribution in [0, 0.1) is 0 Å². The van der Waals surface area contributed by atoms with Crippen LogP contribution in [0.4, 0.5) is 0 Å². The smallest absolute Gasteiger partial charge is 0.325 e. The normalized spacial score (nSPS) is 34.3. The fourth-order valence-electron chi connectivity index (χ4n) is 2.09. The van der Waals surface area contributed by atoms with Crippen molar-refractivity contribution < 1.29 is 43.1 Å². The lowest BCUT2D eigenvalue weighted by molar-refractivity contribution is -0.274. The molecule has 0 aliphatic carbocycles. The number of methoxy groups -OCH3 is 1. The molecular weight excluding hydrogens is 333 g/mol. The standard InChI is InChI=1S/C12H26NO9P/c1-18-3-4-20-12-9(13)11(10(15)8(7-14)22-12)19-5-6-21-23(2,16)17/h8-12,14-15H,3-7,13H2,1-2H3,(H,16,17). The monoisotopic (exact) mass is 359 g/mol. The number of hydrogen-bond donors (Lipinski definition) is 4. The van der Waals surface area contributed by atoms with Gasteiger partial charge in [0.05, 0.1) is 39.1 Å². The van der Waals surface area contributed by atoms with E-state index in [-0.39, 0.29) is 19.8 Å². The predicted molar refractivity (Wildman–Crippen MR) is 79.0 cm³/mol. The number of rotatable bonds is 10. The van der Waals surface area contributed by atoms with Gasteiger partial charge in [0, 0.05) is 13.8 Å². The first-order valence-corrected chi connectivity index (χ1v) is 9.19. The highest BCUT2D eigenvalue weighted by Gasteiger charge is 2.44. The van der Waals surface area contributed by atoms with Crippen LogP contribution in [-0.2, 0) is 28.0 Å². The van der Waals surface area contributed by atoms with Crippen LogP contribution in [0.25, 0.3) is 0 Å². The van der Waals surface area contributed by atoms with Crippen molar-refractivity contribution in [3.8, 4) is 0 Å². The van der Waals surface area contributed by atoms with Gasteiger partial charge in [-0.2, -0.15) is 0 Å². The third kappa shape index (κ3) is 7.10. The molecule has 1 rings (SSSR count). The second-order valence-electron chi connectivity index (χ2n) is 5.13. The summed E-state index contributed by atoms with van der Waals surface area (Å²) in [5.41, 5.74) is 5.98. The fraction of sp³-hybridized carbons (Fsp3) is 1.00. The van der Waals surface area contributed by atoms with Crippen molar-refractivity contribution in [1.82, 2.24) is 0 Å². The average molecular weight is 359 g/mol. The minimum absolute atomic E-state index is 0.0588. The van der Waals surface area contributed by atoms with Gasteiger partial charge in [-0.25, -0.2) is 0 Å². The van der Waals surface area contributed by atoms with E-state index in [4.69, 9.17) is 29.6 Å². The highest BCUT2D eigenvalue weighted by molar-refractivity contribution is 7.51. The zero-order valence-corrected chi connectivity index (χ0v) is 14.1. The molecular formula is C12H26NO9P. The van der Waals surface area contributed by atoms with Gasteiger partial charge in [0.15, 0.2) is 6.29 Å². The van der Waals surface area contributed by atoms with E-state index in [0.29, 0.717) is 6.61 Å². The van der Waals surface area contributed by atoms with Gasteiger partial charge in [-0.15, -0.1) is 0 Å². The van der Waals surface area contributed by atoms with Crippen LogP contribution in [0.5, 0.6) is 0 Å². The molecule has 1 fully saturated rings. The first kappa shape index (κ1) is 20.9. The van der Waals surface area contributed by atoms with E-state index in [1.54, 1.807) is 0 Å². The molecule has 1 heterocycles. The molecule has 0 aromatic rings. The molecule has 1 saturated heterocycles. The molecule has 0 aromatic heterocycles. The highest BCUT2D eigenvalue weighted by Crippen LogP contribution is 2.36. The first-order valence-electron chi connectivity index (χ1n) is 7.17. The largest absolute Gasteiger partial charge is 0.394 e. The Balaban J connectivity index is 2.56. The maximum atomic E-state index is 11.0. The molecule has 0 aromatic carbocycles. The van der Waals surface area contributed by atoms with Gasteiger partial charge in [0.2, 0.25) is 0 Å². The molecule has 0 spiro atoms. The second kappa shape index (κ2) is 10.00. The zero-order valence-electron chi connectivity index (χ0n) is 13.2. The minimum atomic E-state index is -3.59. The van der Waals surface area contributed by atoms with Crippen LogP contribution in [0.2, 0.25) is 0 Å². The molecule has 138 valence electrons. The Bertz CT molecular complexity index is 380. The van der Waals surface area contributed by atoms with Gasteiger partial charge in [-0.3, -0.25) is 4.57 Å². The number of ether oxygens (including phenoxy) is 4. The summed E-state index contributed by atoms with van der Waals surface area (Å²) in [5.74, 6) is 0. The van der Waals surface area contributed by atoms with Crippen LogP contribution < -0.4 is 5.73 Å². The Hall–Kier alpha value is -0.130. The summed E-state index contributed by atoms with van der Waals surface area (Å²) in [6, 6.07) is -0.813. The summed E-state index contributed by atoms with van der Waals surface area (Å²) >= 11 is 0. The third-order valence-electron chi connectivity index (χ3n) is 3.19. The SMILES string of the molecule is COCCOC1OC(CO)C(O)C(OCCOP(C)(=O)O)C1N. The summed E-state index contributed by atoms with van der Waals surface area (Å²) in [4.78, 5) is 9.02. The van der Waals surface area contributed by atoms with Crippen molar-refractivity contribution in [3.63, 3.8) is 0 Å². The van der Waals surface area contributed by atoms with Gasteiger partial charge < -0.3 is 44.3 Å². The summed E-state index contributed by atoms with van der Waals surface area (Å²) in [5, 5.41) is 19.4. The van der Waals surface area contributed by atoms with Crippen LogP contribution in [0.3, 0.4) is 0 Å². The van der Waals surface area contributed by atoms with E-state index < -0.39 is 44.8 Å². The lowest BCUT2D eigenvalue weighted by Crippen LogP contribution is -2.63. The van der Waals surface area contributed by atoms with Crippen molar-refractivity contribution >= 4 is 7.60 Å². The van der Waals surface area contributed by atoms with Gasteiger partial charge >= 0.3 is 7.60 Å². The Labute approximate surface area is 135 Å². The number of aliphatic hydroxyl groups is 2. The van der Waals surface area contributed by atoms with Crippen molar-refractivity contribution in [2.45, 2.75) is 30.6 Å². The highest BCUT2D eigenvalue weighted by atomic mass is 31.2. The topological polar surface area (TPSA) is 150 Å². The Morgan fingerprint density at radius 1 is 1.22 bits per heavy atom.